The predicted octanol–water partition coefficient (Wildman–Crippen LogP) is 2.28. The number of aromatic nitrogens is 2. The molecule has 1 aromatic carbocycles. The summed E-state index contributed by atoms with van der Waals surface area (Å²) in [5.41, 5.74) is 2.53. The second kappa shape index (κ2) is 6.62. The number of nitrogens with zero attached hydrogens (tertiary/aromatic N) is 2. The molecule has 0 fully saturated rings. The van der Waals surface area contributed by atoms with E-state index in [4.69, 9.17) is 9.47 Å². The summed E-state index contributed by atoms with van der Waals surface area (Å²) in [5.74, 6) is 1.02. The van der Waals surface area contributed by atoms with Gasteiger partial charge in [-0.2, -0.15) is 0 Å². The molecule has 2 aromatic heterocycles. The van der Waals surface area contributed by atoms with Crippen molar-refractivity contribution >= 4 is 15.7 Å². The quantitative estimate of drug-likeness (QED) is 0.759. The molecule has 0 amide bonds. The Kier molecular flexibility index (Phi) is 4.29. The number of fused-ring (bicyclic) bond motifs is 2. The summed E-state index contributed by atoms with van der Waals surface area (Å²) < 4.78 is 40.8. The van der Waals surface area contributed by atoms with E-state index in [-0.39, 0.29) is 11.4 Å². The van der Waals surface area contributed by atoms with Crippen LogP contribution in [-0.4, -0.2) is 31.0 Å². The van der Waals surface area contributed by atoms with Gasteiger partial charge >= 0.3 is 0 Å². The van der Waals surface area contributed by atoms with Crippen molar-refractivity contribution in [3.63, 3.8) is 0 Å². The molecule has 7 nitrogen and oxygen atoms in total. The smallest absolute Gasteiger partial charge is 0.241 e. The van der Waals surface area contributed by atoms with Gasteiger partial charge in [0.15, 0.2) is 11.5 Å². The molecular weight excluding hydrogens is 354 g/mol. The number of imidazole rings is 1. The number of nitrogens with one attached hydrogen (secondary N) is 1. The number of aryl methyl sites for hydroxylation is 1. The van der Waals surface area contributed by atoms with Gasteiger partial charge in [0.1, 0.15) is 5.65 Å². The lowest BCUT2D eigenvalue weighted by Gasteiger charge is -2.10. The van der Waals surface area contributed by atoms with E-state index in [9.17, 15) is 8.42 Å². The minimum Gasteiger partial charge on any atom is -0.490 e. The van der Waals surface area contributed by atoms with Crippen LogP contribution < -0.4 is 14.2 Å². The van der Waals surface area contributed by atoms with Crippen LogP contribution in [0.4, 0.5) is 0 Å². The average molecular weight is 373 g/mol. The highest BCUT2D eigenvalue weighted by Gasteiger charge is 2.19. The highest BCUT2D eigenvalue weighted by atomic mass is 32.2. The summed E-state index contributed by atoms with van der Waals surface area (Å²) in [7, 11) is -3.68. The lowest BCUT2D eigenvalue weighted by Crippen LogP contribution is -2.23. The topological polar surface area (TPSA) is 81.9 Å². The summed E-state index contributed by atoms with van der Waals surface area (Å²) in [4.78, 5) is 4.58. The second-order valence-corrected chi connectivity index (χ2v) is 7.95. The van der Waals surface area contributed by atoms with Crippen LogP contribution in [0.15, 0.2) is 47.6 Å². The number of rotatable bonds is 4. The van der Waals surface area contributed by atoms with Gasteiger partial charge in [-0.05, 0) is 36.8 Å². The highest BCUT2D eigenvalue weighted by Crippen LogP contribution is 2.31. The van der Waals surface area contributed by atoms with Crippen molar-refractivity contribution in [2.24, 2.45) is 0 Å². The maximum atomic E-state index is 12.6. The summed E-state index contributed by atoms with van der Waals surface area (Å²) in [5, 5.41) is 0. The molecule has 0 unspecified atom stereocenters. The zero-order chi connectivity index (χ0) is 18.1. The summed E-state index contributed by atoms with van der Waals surface area (Å²) in [6, 6.07) is 8.56. The van der Waals surface area contributed by atoms with Gasteiger partial charge in [-0.15, -0.1) is 0 Å². The fourth-order valence-corrected chi connectivity index (χ4v) is 3.80. The molecule has 26 heavy (non-hydrogen) atoms. The first-order valence-corrected chi connectivity index (χ1v) is 9.83. The Morgan fingerprint density at radius 2 is 1.96 bits per heavy atom. The SMILES string of the molecule is Cc1ccn2cc(CNS(=O)(=O)c3ccc4c(c3)OCCCO4)nc2c1. The van der Waals surface area contributed by atoms with Crippen molar-refractivity contribution in [1.29, 1.82) is 0 Å². The molecule has 0 aliphatic carbocycles. The third-order valence-corrected chi connectivity index (χ3v) is 5.54. The average Bonchev–Trinajstić information content (AvgIpc) is 2.87. The van der Waals surface area contributed by atoms with Gasteiger partial charge in [0.25, 0.3) is 0 Å². The number of pyridine rings is 1. The molecule has 1 N–H and O–H groups in total. The summed E-state index contributed by atoms with van der Waals surface area (Å²) in [6.45, 7) is 3.16. The Hall–Kier alpha value is -2.58. The Balaban J connectivity index is 1.54. The predicted molar refractivity (Wildman–Crippen MR) is 96.0 cm³/mol. The Morgan fingerprint density at radius 1 is 1.15 bits per heavy atom. The maximum absolute atomic E-state index is 12.6. The first-order valence-electron chi connectivity index (χ1n) is 8.35. The lowest BCUT2D eigenvalue weighted by molar-refractivity contribution is 0.297. The maximum Gasteiger partial charge on any atom is 0.241 e. The van der Waals surface area contributed by atoms with Crippen LogP contribution in [0.25, 0.3) is 5.65 Å². The van der Waals surface area contributed by atoms with Crippen LogP contribution in [-0.2, 0) is 16.6 Å². The molecule has 3 heterocycles. The molecule has 1 aliphatic heterocycles. The van der Waals surface area contributed by atoms with Gasteiger partial charge in [0.05, 0.1) is 30.3 Å². The third-order valence-electron chi connectivity index (χ3n) is 4.14. The minimum absolute atomic E-state index is 0.109. The van der Waals surface area contributed by atoms with Crippen molar-refractivity contribution in [3.05, 3.63) is 54.0 Å². The molecule has 136 valence electrons. The molecule has 8 heteroatoms. The molecule has 0 atom stereocenters. The van der Waals surface area contributed by atoms with Gasteiger partial charge in [0.2, 0.25) is 10.0 Å². The number of hydrogen-bond donors (Lipinski definition) is 1. The standard InChI is InChI=1S/C18H19N3O4S/c1-13-5-6-21-12-14(20-18(21)9-13)11-19-26(22,23)15-3-4-16-17(10-15)25-8-2-7-24-16/h3-6,9-10,12,19H,2,7-8,11H2,1H3. The molecule has 3 aromatic rings. The summed E-state index contributed by atoms with van der Waals surface area (Å²) >= 11 is 0. The fraction of sp³-hybridized carbons (Fsp3) is 0.278. The van der Waals surface area contributed by atoms with Crippen molar-refractivity contribution in [2.45, 2.75) is 24.8 Å². The first-order chi connectivity index (χ1) is 12.5. The third kappa shape index (κ3) is 3.38. The monoisotopic (exact) mass is 373 g/mol. The van der Waals surface area contributed by atoms with E-state index in [0.29, 0.717) is 30.4 Å². The number of benzene rings is 1. The number of hydrogen-bond acceptors (Lipinski definition) is 5. The van der Waals surface area contributed by atoms with E-state index < -0.39 is 10.0 Å². The van der Waals surface area contributed by atoms with E-state index in [0.717, 1.165) is 17.6 Å². The van der Waals surface area contributed by atoms with Crippen LogP contribution >= 0.6 is 0 Å². The van der Waals surface area contributed by atoms with E-state index >= 15 is 0 Å². The van der Waals surface area contributed by atoms with E-state index in [1.165, 1.54) is 12.1 Å². The van der Waals surface area contributed by atoms with Crippen LogP contribution in [0, 0.1) is 6.92 Å². The highest BCUT2D eigenvalue weighted by molar-refractivity contribution is 7.89. The molecule has 1 aliphatic rings. The Bertz CT molecular complexity index is 1060. The zero-order valence-electron chi connectivity index (χ0n) is 14.3. The van der Waals surface area contributed by atoms with Crippen molar-refractivity contribution in [1.82, 2.24) is 14.1 Å². The van der Waals surface area contributed by atoms with Gasteiger partial charge in [-0.1, -0.05) is 0 Å². The van der Waals surface area contributed by atoms with Crippen molar-refractivity contribution in [3.8, 4) is 11.5 Å². The molecule has 4 rings (SSSR count). The van der Waals surface area contributed by atoms with E-state index in [1.54, 1.807) is 6.07 Å². The normalized spacial score (nSPS) is 14.3. The molecule has 0 radical (unpaired) electrons. The van der Waals surface area contributed by atoms with Crippen LogP contribution in [0.1, 0.15) is 17.7 Å². The van der Waals surface area contributed by atoms with Crippen LogP contribution in [0.3, 0.4) is 0 Å². The molecule has 0 saturated carbocycles. The zero-order valence-corrected chi connectivity index (χ0v) is 15.1. The van der Waals surface area contributed by atoms with Crippen molar-refractivity contribution < 1.29 is 17.9 Å². The molecule has 0 saturated heterocycles. The van der Waals surface area contributed by atoms with Gasteiger partial charge in [0, 0.05) is 24.9 Å². The largest absolute Gasteiger partial charge is 0.490 e. The van der Waals surface area contributed by atoms with E-state index in [1.807, 2.05) is 35.9 Å². The molecule has 0 bridgehead atoms. The van der Waals surface area contributed by atoms with Gasteiger partial charge < -0.3 is 13.9 Å². The van der Waals surface area contributed by atoms with Gasteiger partial charge in [-0.25, -0.2) is 18.1 Å². The van der Waals surface area contributed by atoms with Gasteiger partial charge in [-0.3, -0.25) is 0 Å². The van der Waals surface area contributed by atoms with Crippen LogP contribution in [0.5, 0.6) is 11.5 Å². The second-order valence-electron chi connectivity index (χ2n) is 6.19. The van der Waals surface area contributed by atoms with Crippen LogP contribution in [0.2, 0.25) is 0 Å². The lowest BCUT2D eigenvalue weighted by atomic mass is 10.3. The van der Waals surface area contributed by atoms with E-state index in [2.05, 4.69) is 9.71 Å². The summed E-state index contributed by atoms with van der Waals surface area (Å²) in [6.07, 6.45) is 4.48. The van der Waals surface area contributed by atoms with Crippen molar-refractivity contribution in [2.75, 3.05) is 13.2 Å². The first kappa shape index (κ1) is 16.9. The Labute approximate surface area is 151 Å². The minimum atomic E-state index is -3.68. The molecular formula is C18H19N3O4S. The fourth-order valence-electron chi connectivity index (χ4n) is 2.78. The molecule has 0 spiro atoms. The Morgan fingerprint density at radius 3 is 2.81 bits per heavy atom. The number of sulfonamides is 1. The number of ether oxygens (including phenoxy) is 2.